The molecule has 11 atom stereocenters. The number of aliphatic hydroxyl groups is 1. The Bertz CT molecular complexity index is 1060. The molecule has 0 aliphatic heterocycles. The molecule has 1 aromatic carbocycles. The monoisotopic (exact) mass is 538 g/mol. The molecule has 1 amide bonds. The van der Waals surface area contributed by atoms with Gasteiger partial charge in [0, 0.05) is 37.4 Å². The molecule has 6 heteroatoms. The number of amides is 1. The fourth-order valence-corrected chi connectivity index (χ4v) is 10.2. The molecule has 4 fully saturated rings. The van der Waals surface area contributed by atoms with Crippen LogP contribution < -0.4 is 0 Å². The van der Waals surface area contributed by atoms with Gasteiger partial charge >= 0.3 is 5.97 Å². The lowest BCUT2D eigenvalue weighted by atomic mass is 9.44. The van der Waals surface area contributed by atoms with Gasteiger partial charge in [0.15, 0.2) is 0 Å². The smallest absolute Gasteiger partial charge is 0.302 e. The summed E-state index contributed by atoms with van der Waals surface area (Å²) in [5.41, 5.74) is 0.891. The molecule has 4 saturated carbocycles. The van der Waals surface area contributed by atoms with Crippen LogP contribution in [0.25, 0.3) is 0 Å². The maximum Gasteiger partial charge on any atom is 0.302 e. The van der Waals surface area contributed by atoms with E-state index in [2.05, 4.69) is 39.8 Å². The lowest BCUT2D eigenvalue weighted by Gasteiger charge is -2.63. The predicted molar refractivity (Wildman–Crippen MR) is 153 cm³/mol. The topological polar surface area (TPSA) is 70.1 Å². The van der Waals surface area contributed by atoms with E-state index in [0.717, 1.165) is 38.5 Å². The first-order valence-electron chi connectivity index (χ1n) is 15.2. The minimum absolute atomic E-state index is 0.00975. The first-order valence-corrected chi connectivity index (χ1v) is 15.2. The Morgan fingerprint density at radius 3 is 2.26 bits per heavy atom. The van der Waals surface area contributed by atoms with Crippen LogP contribution in [-0.4, -0.2) is 72.2 Å². The van der Waals surface area contributed by atoms with Gasteiger partial charge in [-0.1, -0.05) is 32.0 Å². The number of hydrogen-bond donors (Lipinski definition) is 1. The predicted octanol–water partition coefficient (Wildman–Crippen LogP) is 5.25. The number of aliphatic hydroxyl groups excluding tert-OH is 1. The number of carbonyl (C=O) groups is 2. The van der Waals surface area contributed by atoms with E-state index in [1.54, 1.807) is 0 Å². The Hall–Kier alpha value is -1.92. The molecule has 39 heavy (non-hydrogen) atoms. The van der Waals surface area contributed by atoms with Gasteiger partial charge in [0.2, 0.25) is 0 Å². The summed E-state index contributed by atoms with van der Waals surface area (Å²) in [6.45, 7) is 8.70. The van der Waals surface area contributed by atoms with Crippen molar-refractivity contribution < 1.29 is 19.4 Å². The summed E-state index contributed by atoms with van der Waals surface area (Å²) in [6.07, 6.45) is 6.70. The summed E-state index contributed by atoms with van der Waals surface area (Å²) in [4.78, 5) is 30.0. The number of benzene rings is 1. The second kappa shape index (κ2) is 10.5. The lowest BCUT2D eigenvalue weighted by Crippen LogP contribution is -2.62. The van der Waals surface area contributed by atoms with Crippen LogP contribution in [0.5, 0.6) is 0 Å². The highest BCUT2D eigenvalue weighted by Gasteiger charge is 2.64. The van der Waals surface area contributed by atoms with E-state index in [9.17, 15) is 14.7 Å². The Morgan fingerprint density at radius 1 is 0.949 bits per heavy atom. The van der Waals surface area contributed by atoms with Crippen molar-refractivity contribution in [3.8, 4) is 0 Å². The second-order valence-electron chi connectivity index (χ2n) is 14.1. The molecule has 4 aliphatic carbocycles. The van der Waals surface area contributed by atoms with Crippen LogP contribution in [0.1, 0.15) is 83.0 Å². The van der Waals surface area contributed by atoms with Gasteiger partial charge < -0.3 is 19.6 Å². The first kappa shape index (κ1) is 28.6. The van der Waals surface area contributed by atoms with Crippen molar-refractivity contribution in [3.05, 3.63) is 35.9 Å². The summed E-state index contributed by atoms with van der Waals surface area (Å²) < 4.78 is 6.15. The maximum absolute atomic E-state index is 13.4. The number of ether oxygens (including phenoxy) is 1. The molecule has 0 aromatic heterocycles. The summed E-state index contributed by atoms with van der Waals surface area (Å²) in [7, 11) is 6.15. The van der Waals surface area contributed by atoms with Crippen molar-refractivity contribution in [2.75, 3.05) is 21.1 Å². The molecule has 1 N–H and O–H groups in total. The quantitative estimate of drug-likeness (QED) is 0.519. The van der Waals surface area contributed by atoms with Gasteiger partial charge in [-0.15, -0.1) is 0 Å². The summed E-state index contributed by atoms with van der Waals surface area (Å²) >= 11 is 0. The van der Waals surface area contributed by atoms with E-state index in [1.165, 1.54) is 13.3 Å². The zero-order valence-corrected chi connectivity index (χ0v) is 25.1. The Labute approximate surface area is 235 Å². The molecule has 0 bridgehead atoms. The fraction of sp³-hybridized carbons (Fsp3) is 0.758. The van der Waals surface area contributed by atoms with Crippen LogP contribution in [0.15, 0.2) is 30.3 Å². The SMILES string of the molecule is CC(=O)OC1C(N(C)C(=O)c2ccccc2)CC[C@@]2(C)C1CC[C@H]1[C@@H]3CC(O)[C@H](C(C)N(C)C)[C@@]3(C)CC[C@@H]12. The van der Waals surface area contributed by atoms with Crippen molar-refractivity contribution in [1.29, 1.82) is 0 Å². The maximum atomic E-state index is 13.4. The molecule has 0 saturated heterocycles. The average molecular weight is 539 g/mol. The third-order valence-electron chi connectivity index (χ3n) is 12.3. The molecular formula is C33H50N2O4. The normalized spacial score (nSPS) is 42.2. The van der Waals surface area contributed by atoms with E-state index >= 15 is 0 Å². The zero-order chi connectivity index (χ0) is 28.3. The number of carbonyl (C=O) groups excluding carboxylic acids is 2. The Kier molecular flexibility index (Phi) is 7.69. The number of nitrogens with zero attached hydrogens (tertiary/aromatic N) is 2. The lowest BCUT2D eigenvalue weighted by molar-refractivity contribution is -0.185. The number of fused-ring (bicyclic) bond motifs is 5. The van der Waals surface area contributed by atoms with Gasteiger partial charge in [-0.3, -0.25) is 9.59 Å². The van der Waals surface area contributed by atoms with Gasteiger partial charge in [0.05, 0.1) is 12.1 Å². The van der Waals surface area contributed by atoms with Crippen molar-refractivity contribution in [2.45, 2.75) is 96.9 Å². The van der Waals surface area contributed by atoms with Gasteiger partial charge in [-0.25, -0.2) is 0 Å². The van der Waals surface area contributed by atoms with Crippen LogP contribution in [-0.2, 0) is 9.53 Å². The number of rotatable bonds is 5. The van der Waals surface area contributed by atoms with E-state index in [-0.39, 0.29) is 46.9 Å². The molecule has 0 heterocycles. The van der Waals surface area contributed by atoms with Gasteiger partial charge in [0.25, 0.3) is 5.91 Å². The Morgan fingerprint density at radius 2 is 1.62 bits per heavy atom. The molecule has 5 rings (SSSR count). The highest BCUT2D eigenvalue weighted by Crippen LogP contribution is 2.68. The van der Waals surface area contributed by atoms with E-state index in [0.29, 0.717) is 35.3 Å². The molecule has 6 nitrogen and oxygen atoms in total. The van der Waals surface area contributed by atoms with Crippen molar-refractivity contribution >= 4 is 11.9 Å². The molecular weight excluding hydrogens is 488 g/mol. The van der Waals surface area contributed by atoms with Crippen LogP contribution in [0.4, 0.5) is 0 Å². The van der Waals surface area contributed by atoms with Gasteiger partial charge in [0.1, 0.15) is 6.10 Å². The third kappa shape index (κ3) is 4.64. The molecule has 1 aromatic rings. The second-order valence-corrected chi connectivity index (χ2v) is 14.1. The van der Waals surface area contributed by atoms with Crippen molar-refractivity contribution in [2.24, 2.45) is 40.4 Å². The molecule has 5 unspecified atom stereocenters. The number of likely N-dealkylation sites (N-methyl/N-ethyl adjacent to an activating group) is 1. The van der Waals surface area contributed by atoms with E-state index < -0.39 is 0 Å². The van der Waals surface area contributed by atoms with E-state index in [4.69, 9.17) is 4.74 Å². The van der Waals surface area contributed by atoms with Crippen LogP contribution in [0, 0.1) is 40.4 Å². The van der Waals surface area contributed by atoms with Gasteiger partial charge in [-0.05, 0) is 107 Å². The minimum atomic E-state index is -0.288. The summed E-state index contributed by atoms with van der Waals surface area (Å²) in [5.74, 6) is 1.95. The molecule has 0 radical (unpaired) electrons. The summed E-state index contributed by atoms with van der Waals surface area (Å²) in [6, 6.07) is 9.65. The van der Waals surface area contributed by atoms with Gasteiger partial charge in [-0.2, -0.15) is 0 Å². The largest absolute Gasteiger partial charge is 0.460 e. The highest BCUT2D eigenvalue weighted by atomic mass is 16.5. The number of esters is 1. The van der Waals surface area contributed by atoms with Crippen LogP contribution in [0.2, 0.25) is 0 Å². The first-order chi connectivity index (χ1) is 18.4. The standard InChI is InChI=1S/C33H50N2O4/c1-20(34(5)6)29-28(37)19-26-23-13-14-25-30(39-21(2)36)27(35(7)31(38)22-11-9-8-10-12-22)16-18-32(25,3)24(23)15-17-33(26,29)4/h8-12,20,23-30,37H,13-19H2,1-7H3/t20?,23-,24+,25?,26+,27?,28?,29+,30?,32-,33+/m1/s1. The van der Waals surface area contributed by atoms with Crippen LogP contribution >= 0.6 is 0 Å². The highest BCUT2D eigenvalue weighted by molar-refractivity contribution is 5.94. The Balaban J connectivity index is 1.41. The minimum Gasteiger partial charge on any atom is -0.460 e. The summed E-state index contributed by atoms with van der Waals surface area (Å²) in [5, 5.41) is 11.4. The van der Waals surface area contributed by atoms with Crippen molar-refractivity contribution in [3.63, 3.8) is 0 Å². The zero-order valence-electron chi connectivity index (χ0n) is 25.1. The molecule has 216 valence electrons. The molecule has 0 spiro atoms. The van der Waals surface area contributed by atoms with Crippen molar-refractivity contribution in [1.82, 2.24) is 9.80 Å². The molecule has 4 aliphatic rings. The van der Waals surface area contributed by atoms with E-state index in [1.807, 2.05) is 42.3 Å². The van der Waals surface area contributed by atoms with Crippen LogP contribution in [0.3, 0.4) is 0 Å². The third-order valence-corrected chi connectivity index (χ3v) is 12.3. The average Bonchev–Trinajstić information content (AvgIpc) is 3.17. The number of hydrogen-bond acceptors (Lipinski definition) is 5. The fourth-order valence-electron chi connectivity index (χ4n) is 10.2.